The van der Waals surface area contributed by atoms with Gasteiger partial charge in [-0.25, -0.2) is 0 Å². The maximum atomic E-state index is 6.88. The molecule has 5 heterocycles. The summed E-state index contributed by atoms with van der Waals surface area (Å²) in [5, 5.41) is 4.75. The molecule has 0 aliphatic carbocycles. The molecule has 0 unspecified atom stereocenters. The molecule has 2 aliphatic rings. The molecule has 442 valence electrons. The van der Waals surface area contributed by atoms with Crippen LogP contribution in [0.1, 0.15) is 132 Å². The average molecular weight is 1180 g/mol. The first-order valence-electron chi connectivity index (χ1n) is 31.8. The number of para-hydroxylation sites is 1. The quantitative estimate of drug-likeness (QED) is 0.149. The van der Waals surface area contributed by atoms with Crippen LogP contribution in [-0.4, -0.2) is 11.3 Å². The number of benzene rings is 10. The molecule has 13 aromatic rings. The molecule has 3 aromatic heterocycles. The number of rotatable bonds is 7. The van der Waals surface area contributed by atoms with Gasteiger partial charge in [0.05, 0.1) is 32.5 Å². The average Bonchev–Trinajstić information content (AvgIpc) is 1.62. The molecule has 0 saturated carbocycles. The SMILES string of the molecule is CC(C)(C)c1ccc(N(c2ccc(C(C)(C)C)cc2)c2ccc3c(c2)N(c2cccc4oc5ccccc5c24)c2cc(N(c4ccc(C(C)(C)C)cc4)c4ccc(C(C)(C)C)cc4)cc4c2B3c2cc(C(C)(C)C)cc3c5sc6ccccc6c5n-4c23)cc1. The van der Waals surface area contributed by atoms with Gasteiger partial charge in [0.25, 0.3) is 6.71 Å². The molecule has 0 bridgehead atoms. The highest BCUT2D eigenvalue weighted by molar-refractivity contribution is 7.26. The van der Waals surface area contributed by atoms with E-state index < -0.39 is 0 Å². The van der Waals surface area contributed by atoms with Crippen LogP contribution in [0, 0.1) is 0 Å². The number of anilines is 9. The number of hydrogen-bond acceptors (Lipinski definition) is 5. The van der Waals surface area contributed by atoms with Crippen LogP contribution in [0.2, 0.25) is 0 Å². The summed E-state index contributed by atoms with van der Waals surface area (Å²) < 4.78 is 12.2. The minimum Gasteiger partial charge on any atom is -0.456 e. The van der Waals surface area contributed by atoms with E-state index in [1.807, 2.05) is 11.3 Å². The van der Waals surface area contributed by atoms with Crippen molar-refractivity contribution < 1.29 is 4.42 Å². The van der Waals surface area contributed by atoms with Crippen LogP contribution in [0.25, 0.3) is 58.8 Å². The van der Waals surface area contributed by atoms with Crippen molar-refractivity contribution in [3.63, 3.8) is 0 Å². The molecule has 0 amide bonds. The zero-order chi connectivity index (χ0) is 62.0. The minimum atomic E-state index is -0.140. The molecule has 0 atom stereocenters. The molecule has 0 saturated heterocycles. The van der Waals surface area contributed by atoms with Crippen molar-refractivity contribution in [1.82, 2.24) is 4.57 Å². The second-order valence-electron chi connectivity index (χ2n) is 30.3. The zero-order valence-corrected chi connectivity index (χ0v) is 55.1. The molecule has 7 heteroatoms. The van der Waals surface area contributed by atoms with Gasteiger partial charge < -0.3 is 23.7 Å². The summed E-state index contributed by atoms with van der Waals surface area (Å²) in [7, 11) is 0. The fourth-order valence-corrected chi connectivity index (χ4v) is 15.4. The number of fused-ring (bicyclic) bond motifs is 12. The Balaban J connectivity index is 1.10. The Morgan fingerprint density at radius 2 is 0.809 bits per heavy atom. The zero-order valence-electron chi connectivity index (χ0n) is 54.3. The van der Waals surface area contributed by atoms with Gasteiger partial charge in [-0.15, -0.1) is 11.3 Å². The lowest BCUT2D eigenvalue weighted by Crippen LogP contribution is -2.60. The molecule has 0 radical (unpaired) electrons. The van der Waals surface area contributed by atoms with Crippen molar-refractivity contribution in [2.75, 3.05) is 14.7 Å². The van der Waals surface area contributed by atoms with E-state index >= 15 is 0 Å². The molecule has 15 rings (SSSR count). The lowest BCUT2D eigenvalue weighted by Gasteiger charge is -2.42. The highest BCUT2D eigenvalue weighted by Crippen LogP contribution is 2.52. The molecule has 0 N–H and O–H groups in total. The number of thiophene rings is 1. The number of hydrogen-bond donors (Lipinski definition) is 0. The summed E-state index contributed by atoms with van der Waals surface area (Å²) in [4.78, 5) is 7.60. The molecule has 0 fully saturated rings. The van der Waals surface area contributed by atoms with Crippen LogP contribution in [-0.2, 0) is 27.1 Å². The van der Waals surface area contributed by atoms with Crippen molar-refractivity contribution in [2.45, 2.75) is 131 Å². The monoisotopic (exact) mass is 1180 g/mol. The predicted molar refractivity (Wildman–Crippen MR) is 386 cm³/mol. The molecular formula is C82H79BN4OS. The third-order valence-corrected chi connectivity index (χ3v) is 20.3. The van der Waals surface area contributed by atoms with E-state index in [-0.39, 0.29) is 33.8 Å². The fourth-order valence-electron chi connectivity index (χ4n) is 14.2. The lowest BCUT2D eigenvalue weighted by atomic mass is 9.33. The highest BCUT2D eigenvalue weighted by Gasteiger charge is 2.45. The number of nitrogens with zero attached hydrogens (tertiary/aromatic N) is 4. The van der Waals surface area contributed by atoms with Crippen molar-refractivity contribution in [3.05, 3.63) is 234 Å². The van der Waals surface area contributed by atoms with Gasteiger partial charge in [0.2, 0.25) is 0 Å². The number of furan rings is 1. The fraction of sp³-hybridized carbons (Fsp3) is 0.244. The Hall–Kier alpha value is -8.78. The summed E-state index contributed by atoms with van der Waals surface area (Å²) in [6.07, 6.45) is 0. The van der Waals surface area contributed by atoms with Gasteiger partial charge in [-0.05, 0) is 174 Å². The van der Waals surface area contributed by atoms with Gasteiger partial charge >= 0.3 is 0 Å². The van der Waals surface area contributed by atoms with Gasteiger partial charge in [0.1, 0.15) is 11.2 Å². The van der Waals surface area contributed by atoms with Gasteiger partial charge in [-0.2, -0.15) is 0 Å². The van der Waals surface area contributed by atoms with Crippen LogP contribution in [0.3, 0.4) is 0 Å². The maximum absolute atomic E-state index is 6.88. The maximum Gasteiger partial charge on any atom is 0.252 e. The Labute approximate surface area is 529 Å². The van der Waals surface area contributed by atoms with E-state index in [1.165, 1.54) is 81.1 Å². The summed E-state index contributed by atoms with van der Waals surface area (Å²) >= 11 is 1.93. The first-order valence-corrected chi connectivity index (χ1v) is 32.7. The largest absolute Gasteiger partial charge is 0.456 e. The molecule has 10 aromatic carbocycles. The van der Waals surface area contributed by atoms with Gasteiger partial charge in [-0.1, -0.05) is 207 Å². The van der Waals surface area contributed by atoms with Crippen LogP contribution in [0.5, 0.6) is 0 Å². The third-order valence-electron chi connectivity index (χ3n) is 19.1. The smallest absolute Gasteiger partial charge is 0.252 e. The van der Waals surface area contributed by atoms with Crippen molar-refractivity contribution in [2.24, 2.45) is 0 Å². The normalized spacial score (nSPS) is 13.5. The van der Waals surface area contributed by atoms with E-state index in [1.54, 1.807) is 0 Å². The Kier molecular flexibility index (Phi) is 12.7. The summed E-state index contributed by atoms with van der Waals surface area (Å²) in [6.45, 7) is 34.6. The lowest BCUT2D eigenvalue weighted by molar-refractivity contribution is 0.590. The summed E-state index contributed by atoms with van der Waals surface area (Å²) in [5.41, 5.74) is 25.5. The Bertz CT molecular complexity index is 4850. The first-order chi connectivity index (χ1) is 42.3. The van der Waals surface area contributed by atoms with E-state index in [0.717, 1.165) is 73.1 Å². The van der Waals surface area contributed by atoms with Crippen molar-refractivity contribution >= 4 is 139 Å². The summed E-state index contributed by atoms with van der Waals surface area (Å²) in [6, 6.07) is 79.0. The predicted octanol–water partition coefficient (Wildman–Crippen LogP) is 21.9. The first kappa shape index (κ1) is 56.7. The Morgan fingerprint density at radius 3 is 1.35 bits per heavy atom. The van der Waals surface area contributed by atoms with Crippen LogP contribution in [0.4, 0.5) is 51.2 Å². The summed E-state index contributed by atoms with van der Waals surface area (Å²) in [5.74, 6) is 0. The molecular weight excluding hydrogens is 1100 g/mol. The van der Waals surface area contributed by atoms with Gasteiger partial charge in [0.15, 0.2) is 0 Å². The highest BCUT2D eigenvalue weighted by atomic mass is 32.1. The van der Waals surface area contributed by atoms with Crippen LogP contribution < -0.4 is 31.1 Å². The van der Waals surface area contributed by atoms with Crippen LogP contribution in [0.15, 0.2) is 211 Å². The third kappa shape index (κ3) is 9.23. The topological polar surface area (TPSA) is 27.8 Å². The second-order valence-corrected chi connectivity index (χ2v) is 31.4. The van der Waals surface area contributed by atoms with Crippen molar-refractivity contribution in [1.29, 1.82) is 0 Å². The molecule has 5 nitrogen and oxygen atoms in total. The van der Waals surface area contributed by atoms with E-state index in [9.17, 15) is 0 Å². The van der Waals surface area contributed by atoms with Gasteiger partial charge in [-0.3, -0.25) is 0 Å². The second kappa shape index (κ2) is 19.9. The van der Waals surface area contributed by atoms with E-state index in [2.05, 4.69) is 329 Å². The minimum absolute atomic E-state index is 0.00741. The molecule has 0 spiro atoms. The standard InChI is InChI=1S/C82H79BN4OS/c1-78(2,3)50-27-35-55(36-28-50)84(56-37-29-51(30-38-56)79(4,5)6)59-43-44-64-67(47-59)86(66-23-20-25-71-73(66)61-21-16-18-24-70(61)88-71)68-48-60(85(57-39-31-52(32-40-57)80(7,8)9)58-41-33-53(34-42-58)81(10,11)12)49-69-74(68)83(64)65-46-54(82(13,14)15)45-63-75(65)87(69)76-62-22-17-19-26-72(62)89-77(63)76/h16-49H,1-15H3. The Morgan fingerprint density at radius 1 is 0.348 bits per heavy atom. The molecule has 2 aliphatic heterocycles. The van der Waals surface area contributed by atoms with E-state index in [4.69, 9.17) is 4.42 Å². The van der Waals surface area contributed by atoms with Crippen LogP contribution >= 0.6 is 11.3 Å². The van der Waals surface area contributed by atoms with Gasteiger partial charge in [0, 0.05) is 66.4 Å². The number of aromatic nitrogens is 1. The van der Waals surface area contributed by atoms with E-state index in [0.29, 0.717) is 0 Å². The molecule has 89 heavy (non-hydrogen) atoms. The van der Waals surface area contributed by atoms with Crippen molar-refractivity contribution in [3.8, 4) is 5.69 Å².